The van der Waals surface area contributed by atoms with Crippen LogP contribution in [0.5, 0.6) is 0 Å². The predicted octanol–water partition coefficient (Wildman–Crippen LogP) is 3.96. The lowest BCUT2D eigenvalue weighted by Gasteiger charge is -2.31. The number of pyridine rings is 1. The zero-order chi connectivity index (χ0) is 16.8. The number of benzene rings is 1. The van der Waals surface area contributed by atoms with Crippen LogP contribution in [-0.2, 0) is 10.0 Å². The van der Waals surface area contributed by atoms with Crippen molar-refractivity contribution in [3.63, 3.8) is 0 Å². The largest absolute Gasteiger partial charge is 0.255 e. The molecule has 0 spiro atoms. The van der Waals surface area contributed by atoms with Crippen molar-refractivity contribution in [3.05, 3.63) is 34.4 Å². The van der Waals surface area contributed by atoms with Gasteiger partial charge in [-0.2, -0.15) is 4.31 Å². The summed E-state index contributed by atoms with van der Waals surface area (Å²) in [7, 11) is -3.98. The van der Waals surface area contributed by atoms with Gasteiger partial charge < -0.3 is 0 Å². The maximum absolute atomic E-state index is 13.2. The standard InChI is InChI=1S/C14H12Cl2F2N2O2S/c15-9-1-2-11-10(7-9)13(16)12(8-19-11)23(21,22)20-5-3-14(17,18)4-6-20/h1-2,7-8H,3-6H2. The maximum atomic E-state index is 13.2. The molecule has 0 radical (unpaired) electrons. The van der Waals surface area contributed by atoms with Crippen LogP contribution in [0.25, 0.3) is 10.9 Å². The van der Waals surface area contributed by atoms with Gasteiger partial charge in [0.15, 0.2) is 0 Å². The molecule has 1 aliphatic heterocycles. The molecule has 1 aromatic heterocycles. The molecule has 3 rings (SSSR count). The summed E-state index contributed by atoms with van der Waals surface area (Å²) in [5.74, 6) is -2.83. The molecule has 0 amide bonds. The van der Waals surface area contributed by atoms with Gasteiger partial charge in [0.2, 0.25) is 10.0 Å². The van der Waals surface area contributed by atoms with Crippen molar-refractivity contribution in [1.29, 1.82) is 0 Å². The van der Waals surface area contributed by atoms with E-state index >= 15 is 0 Å². The van der Waals surface area contributed by atoms with E-state index in [0.29, 0.717) is 15.9 Å². The van der Waals surface area contributed by atoms with E-state index in [1.807, 2.05) is 0 Å². The van der Waals surface area contributed by atoms with Crippen LogP contribution in [0.4, 0.5) is 8.78 Å². The second-order valence-corrected chi connectivity index (χ2v) is 8.08. The Morgan fingerprint density at radius 1 is 1.17 bits per heavy atom. The van der Waals surface area contributed by atoms with Gasteiger partial charge in [0.25, 0.3) is 5.92 Å². The average Bonchev–Trinajstić information content (AvgIpc) is 2.47. The molecule has 0 aliphatic carbocycles. The number of nitrogens with zero attached hydrogens (tertiary/aromatic N) is 2. The van der Waals surface area contributed by atoms with Crippen LogP contribution in [-0.4, -0.2) is 36.7 Å². The van der Waals surface area contributed by atoms with Crippen molar-refractivity contribution >= 4 is 44.1 Å². The van der Waals surface area contributed by atoms with Crippen LogP contribution in [0.1, 0.15) is 12.8 Å². The van der Waals surface area contributed by atoms with Crippen LogP contribution in [0.15, 0.2) is 29.3 Å². The molecule has 0 bridgehead atoms. The van der Waals surface area contributed by atoms with Gasteiger partial charge in [0.1, 0.15) is 4.90 Å². The van der Waals surface area contributed by atoms with Crippen molar-refractivity contribution in [2.24, 2.45) is 0 Å². The third-order valence-electron chi connectivity index (χ3n) is 3.80. The third-order valence-corrected chi connectivity index (χ3v) is 6.47. The molecule has 1 fully saturated rings. The molecule has 0 atom stereocenters. The quantitative estimate of drug-likeness (QED) is 0.791. The first-order chi connectivity index (χ1) is 10.7. The van der Waals surface area contributed by atoms with E-state index in [0.717, 1.165) is 10.5 Å². The zero-order valence-electron chi connectivity index (χ0n) is 11.8. The minimum Gasteiger partial charge on any atom is -0.255 e. The fraction of sp³-hybridized carbons (Fsp3) is 0.357. The van der Waals surface area contributed by atoms with Gasteiger partial charge in [-0.3, -0.25) is 4.98 Å². The Balaban J connectivity index is 2.04. The number of aromatic nitrogens is 1. The molecule has 0 unspecified atom stereocenters. The fourth-order valence-corrected chi connectivity index (χ4v) is 4.62. The number of sulfonamides is 1. The second-order valence-electron chi connectivity index (χ2n) is 5.36. The number of alkyl halides is 2. The highest BCUT2D eigenvalue weighted by Gasteiger charge is 2.39. The Hall–Kier alpha value is -1.02. The monoisotopic (exact) mass is 380 g/mol. The maximum Gasteiger partial charge on any atom is 0.250 e. The number of fused-ring (bicyclic) bond motifs is 1. The van der Waals surface area contributed by atoms with E-state index < -0.39 is 28.8 Å². The minimum absolute atomic E-state index is 0.00478. The van der Waals surface area contributed by atoms with Gasteiger partial charge in [0, 0.05) is 42.5 Å². The second kappa shape index (κ2) is 5.81. The Bertz CT molecular complexity index is 864. The lowest BCUT2D eigenvalue weighted by atomic mass is 10.1. The van der Waals surface area contributed by atoms with Crippen LogP contribution >= 0.6 is 23.2 Å². The first kappa shape index (κ1) is 16.8. The molecule has 2 aromatic rings. The lowest BCUT2D eigenvalue weighted by Crippen LogP contribution is -2.42. The van der Waals surface area contributed by atoms with Gasteiger partial charge in [-0.05, 0) is 18.2 Å². The van der Waals surface area contributed by atoms with Crippen LogP contribution in [0.3, 0.4) is 0 Å². The summed E-state index contributed by atoms with van der Waals surface area (Å²) in [6.45, 7) is -0.501. The highest BCUT2D eigenvalue weighted by atomic mass is 35.5. The Kier molecular flexibility index (Phi) is 4.25. The first-order valence-corrected chi connectivity index (χ1v) is 9.02. The Labute approximate surface area is 142 Å². The van der Waals surface area contributed by atoms with Gasteiger partial charge >= 0.3 is 0 Å². The van der Waals surface area contributed by atoms with E-state index in [1.54, 1.807) is 12.1 Å². The Morgan fingerprint density at radius 2 is 1.83 bits per heavy atom. The summed E-state index contributed by atoms with van der Waals surface area (Å²) in [6, 6.07) is 4.77. The van der Waals surface area contributed by atoms with Crippen molar-refractivity contribution in [2.45, 2.75) is 23.7 Å². The molecule has 1 saturated heterocycles. The van der Waals surface area contributed by atoms with Gasteiger partial charge in [-0.1, -0.05) is 23.2 Å². The van der Waals surface area contributed by atoms with E-state index in [4.69, 9.17) is 23.2 Å². The van der Waals surface area contributed by atoms with E-state index in [9.17, 15) is 17.2 Å². The minimum atomic E-state index is -3.98. The normalized spacial score (nSPS) is 19.1. The molecule has 124 valence electrons. The van der Waals surface area contributed by atoms with Gasteiger partial charge in [-0.25, -0.2) is 17.2 Å². The van der Waals surface area contributed by atoms with Gasteiger partial charge in [0.05, 0.1) is 10.5 Å². The lowest BCUT2D eigenvalue weighted by molar-refractivity contribution is -0.0411. The molecule has 0 saturated carbocycles. The van der Waals surface area contributed by atoms with Crippen molar-refractivity contribution in [3.8, 4) is 0 Å². The number of piperidine rings is 1. The molecule has 2 heterocycles. The highest BCUT2D eigenvalue weighted by molar-refractivity contribution is 7.89. The summed E-state index contributed by atoms with van der Waals surface area (Å²) in [6.07, 6.45) is 0.147. The van der Waals surface area contributed by atoms with Crippen molar-refractivity contribution in [2.75, 3.05) is 13.1 Å². The fourth-order valence-electron chi connectivity index (χ4n) is 2.49. The van der Waals surface area contributed by atoms with Crippen molar-refractivity contribution < 1.29 is 17.2 Å². The SMILES string of the molecule is O=S(=O)(c1cnc2ccc(Cl)cc2c1Cl)N1CCC(F)(F)CC1. The molecule has 1 aromatic carbocycles. The summed E-state index contributed by atoms with van der Waals surface area (Å²) in [5.41, 5.74) is 0.503. The van der Waals surface area contributed by atoms with Crippen molar-refractivity contribution in [1.82, 2.24) is 9.29 Å². The summed E-state index contributed by atoms with van der Waals surface area (Å²) < 4.78 is 52.8. The molecular formula is C14H12Cl2F2N2O2S. The zero-order valence-corrected chi connectivity index (χ0v) is 14.1. The average molecular weight is 381 g/mol. The number of halogens is 4. The number of hydrogen-bond donors (Lipinski definition) is 0. The van der Waals surface area contributed by atoms with E-state index in [1.165, 1.54) is 6.07 Å². The molecule has 0 N–H and O–H groups in total. The van der Waals surface area contributed by atoms with Crippen LogP contribution in [0, 0.1) is 0 Å². The van der Waals surface area contributed by atoms with Gasteiger partial charge in [-0.15, -0.1) is 0 Å². The summed E-state index contributed by atoms with van der Waals surface area (Å²) >= 11 is 12.1. The smallest absolute Gasteiger partial charge is 0.250 e. The number of rotatable bonds is 2. The molecular weight excluding hydrogens is 369 g/mol. The molecule has 1 aliphatic rings. The third kappa shape index (κ3) is 3.15. The van der Waals surface area contributed by atoms with E-state index in [-0.39, 0.29) is 23.0 Å². The van der Waals surface area contributed by atoms with Crippen LogP contribution in [0.2, 0.25) is 10.0 Å². The molecule has 9 heteroatoms. The highest BCUT2D eigenvalue weighted by Crippen LogP contribution is 2.35. The number of hydrogen-bond acceptors (Lipinski definition) is 3. The summed E-state index contributed by atoms with van der Waals surface area (Å²) in [5, 5.41) is 0.797. The first-order valence-electron chi connectivity index (χ1n) is 6.82. The topological polar surface area (TPSA) is 50.3 Å². The molecule has 4 nitrogen and oxygen atoms in total. The Morgan fingerprint density at radius 3 is 2.48 bits per heavy atom. The molecule has 23 heavy (non-hydrogen) atoms. The predicted molar refractivity (Wildman–Crippen MR) is 84.7 cm³/mol. The van der Waals surface area contributed by atoms with Crippen LogP contribution < -0.4 is 0 Å². The van der Waals surface area contributed by atoms with E-state index in [2.05, 4.69) is 4.98 Å². The summed E-state index contributed by atoms with van der Waals surface area (Å²) in [4.78, 5) is 3.88.